The second kappa shape index (κ2) is 23.2. The van der Waals surface area contributed by atoms with Crippen molar-refractivity contribution in [2.45, 2.75) is 146 Å². The van der Waals surface area contributed by atoms with Gasteiger partial charge in [0.25, 0.3) is 0 Å². The molecule has 1 heterocycles. The van der Waals surface area contributed by atoms with Crippen molar-refractivity contribution in [3.8, 4) is 0 Å². The van der Waals surface area contributed by atoms with Gasteiger partial charge in [0.2, 0.25) is 0 Å². The van der Waals surface area contributed by atoms with E-state index in [4.69, 9.17) is 4.74 Å². The summed E-state index contributed by atoms with van der Waals surface area (Å²) in [5.41, 5.74) is 0.609. The first-order chi connectivity index (χ1) is 21.7. The number of carbonyl (C=O) groups excluding carboxylic acids is 1. The molecule has 264 valence electrons. The van der Waals surface area contributed by atoms with Crippen molar-refractivity contribution in [3.05, 3.63) is 60.3 Å². The highest BCUT2D eigenvalue weighted by Gasteiger charge is 2.37. The molecule has 0 aromatic rings. The first kappa shape index (κ1) is 41.8. The predicted octanol–water partition coefficient (Wildman–Crippen LogP) is 1.89. The SMILES string of the molecule is CCCCC[C@H](O)C1C(=O)O[C@H](C)[C@@H](O)/C=C/C=C/C=C/C=C/C=C(\C)C(O)CC(O)CC(O)CC(O)CC(O)CC(O)C[C@@H]1O. The lowest BCUT2D eigenvalue weighted by Gasteiger charge is -2.29. The van der Waals surface area contributed by atoms with Crippen LogP contribution in [0.4, 0.5) is 0 Å². The largest absolute Gasteiger partial charge is 0.459 e. The second-order valence-electron chi connectivity index (χ2n) is 12.4. The molecule has 0 amide bonds. The maximum absolute atomic E-state index is 13.1. The highest BCUT2D eigenvalue weighted by Crippen LogP contribution is 2.24. The Morgan fingerprint density at radius 1 is 0.717 bits per heavy atom. The maximum Gasteiger partial charge on any atom is 0.314 e. The van der Waals surface area contributed by atoms with E-state index in [0.717, 1.165) is 12.8 Å². The Morgan fingerprint density at radius 3 is 1.74 bits per heavy atom. The van der Waals surface area contributed by atoms with Gasteiger partial charge in [0.05, 0.1) is 48.8 Å². The smallest absolute Gasteiger partial charge is 0.314 e. The molecule has 1 rings (SSSR count). The lowest BCUT2D eigenvalue weighted by atomic mass is 9.87. The number of ether oxygens (including phenoxy) is 1. The molecular weight excluding hydrogens is 596 g/mol. The number of carbonyl (C=O) groups is 1. The molecule has 1 aliphatic heterocycles. The van der Waals surface area contributed by atoms with Crippen molar-refractivity contribution >= 4 is 5.97 Å². The topological polar surface area (TPSA) is 208 Å². The average Bonchev–Trinajstić information content (AvgIpc) is 2.94. The van der Waals surface area contributed by atoms with Crippen molar-refractivity contribution < 1.29 is 55.5 Å². The number of aliphatic hydroxyl groups excluding tert-OH is 9. The van der Waals surface area contributed by atoms with Gasteiger partial charge >= 0.3 is 5.97 Å². The van der Waals surface area contributed by atoms with Gasteiger partial charge in [-0.25, -0.2) is 0 Å². The third-order valence-electron chi connectivity index (χ3n) is 8.03. The van der Waals surface area contributed by atoms with E-state index < -0.39 is 72.9 Å². The van der Waals surface area contributed by atoms with Crippen LogP contribution in [0.25, 0.3) is 0 Å². The molecule has 7 unspecified atom stereocenters. The summed E-state index contributed by atoms with van der Waals surface area (Å²) in [6, 6.07) is 0. The molecular formula is C35H58O11. The van der Waals surface area contributed by atoms with Crippen LogP contribution in [-0.2, 0) is 9.53 Å². The maximum atomic E-state index is 13.1. The van der Waals surface area contributed by atoms with Gasteiger partial charge in [0.15, 0.2) is 0 Å². The van der Waals surface area contributed by atoms with Crippen LogP contribution in [0.5, 0.6) is 0 Å². The summed E-state index contributed by atoms with van der Waals surface area (Å²) in [7, 11) is 0. The standard InChI is InChI=1S/C35H58O11/c1-4-5-11-16-31(42)34-33(44)22-29(40)20-27(38)18-25(36)17-26(37)19-28(39)21-32(43)23(2)14-12-9-7-6-8-10-13-15-30(41)24(3)46-35(34)45/h6-10,12-15,24-34,36-44H,4-5,11,16-22H2,1-3H3/b7-6+,10-8+,12-9+,15-13+,23-14+/t24-,25?,26?,27?,28?,29?,30+,31+,32?,33+,34?/m1/s1. The summed E-state index contributed by atoms with van der Waals surface area (Å²) in [4.78, 5) is 13.1. The fraction of sp³-hybridized carbons (Fsp3) is 0.686. The summed E-state index contributed by atoms with van der Waals surface area (Å²) in [5, 5.41) is 94.8. The van der Waals surface area contributed by atoms with Gasteiger partial charge in [-0.3, -0.25) is 4.79 Å². The number of hydrogen-bond acceptors (Lipinski definition) is 11. The van der Waals surface area contributed by atoms with Crippen molar-refractivity contribution in [3.63, 3.8) is 0 Å². The minimum atomic E-state index is -1.52. The van der Waals surface area contributed by atoms with E-state index in [1.165, 1.54) is 13.0 Å². The van der Waals surface area contributed by atoms with Gasteiger partial charge in [0, 0.05) is 12.8 Å². The lowest BCUT2D eigenvalue weighted by molar-refractivity contribution is -0.168. The fourth-order valence-corrected chi connectivity index (χ4v) is 5.27. The van der Waals surface area contributed by atoms with E-state index in [1.54, 1.807) is 55.5 Å². The normalized spacial score (nSPS) is 38.6. The molecule has 46 heavy (non-hydrogen) atoms. The number of esters is 1. The van der Waals surface area contributed by atoms with Crippen LogP contribution in [0.3, 0.4) is 0 Å². The number of rotatable bonds is 5. The molecule has 0 bridgehead atoms. The van der Waals surface area contributed by atoms with Crippen molar-refractivity contribution in [2.75, 3.05) is 0 Å². The van der Waals surface area contributed by atoms with Crippen LogP contribution in [0, 0.1) is 5.92 Å². The highest BCUT2D eigenvalue weighted by molar-refractivity contribution is 5.74. The molecule has 0 radical (unpaired) electrons. The molecule has 1 aliphatic rings. The Morgan fingerprint density at radius 2 is 1.20 bits per heavy atom. The molecule has 0 spiro atoms. The van der Waals surface area contributed by atoms with E-state index in [-0.39, 0.29) is 44.9 Å². The summed E-state index contributed by atoms with van der Waals surface area (Å²) >= 11 is 0. The molecule has 0 aromatic heterocycles. The quantitative estimate of drug-likeness (QED) is 0.154. The first-order valence-electron chi connectivity index (χ1n) is 16.4. The lowest BCUT2D eigenvalue weighted by Crippen LogP contribution is -2.43. The van der Waals surface area contributed by atoms with Gasteiger partial charge in [-0.1, -0.05) is 80.9 Å². The number of allylic oxidation sites excluding steroid dienone is 8. The summed E-state index contributed by atoms with van der Waals surface area (Å²) in [5.74, 6) is -2.33. The Kier molecular flexibility index (Phi) is 21.1. The van der Waals surface area contributed by atoms with Crippen molar-refractivity contribution in [1.82, 2.24) is 0 Å². The number of unbranched alkanes of at least 4 members (excludes halogenated alkanes) is 2. The summed E-state index contributed by atoms with van der Waals surface area (Å²) in [6.07, 6.45) is 4.69. The van der Waals surface area contributed by atoms with Crippen molar-refractivity contribution in [1.29, 1.82) is 0 Å². The molecule has 0 aromatic carbocycles. The van der Waals surface area contributed by atoms with Crippen LogP contribution in [-0.4, -0.2) is 113 Å². The molecule has 0 fully saturated rings. The van der Waals surface area contributed by atoms with Crippen LogP contribution in [0.15, 0.2) is 60.3 Å². The van der Waals surface area contributed by atoms with Crippen molar-refractivity contribution in [2.24, 2.45) is 5.92 Å². The minimum Gasteiger partial charge on any atom is -0.459 e. The van der Waals surface area contributed by atoms with Gasteiger partial charge in [-0.05, 0) is 51.5 Å². The average molecular weight is 655 g/mol. The number of cyclic esters (lactones) is 1. The zero-order chi connectivity index (χ0) is 34.6. The molecule has 11 heteroatoms. The second-order valence-corrected chi connectivity index (χ2v) is 12.4. The first-order valence-corrected chi connectivity index (χ1v) is 16.4. The third kappa shape index (κ3) is 17.7. The number of aliphatic hydroxyl groups is 9. The van der Waals surface area contributed by atoms with E-state index in [9.17, 15) is 50.8 Å². The fourth-order valence-electron chi connectivity index (χ4n) is 5.27. The van der Waals surface area contributed by atoms with Gasteiger partial charge in [-0.2, -0.15) is 0 Å². The zero-order valence-corrected chi connectivity index (χ0v) is 27.5. The van der Waals surface area contributed by atoms with Crippen LogP contribution in [0.1, 0.15) is 85.0 Å². The van der Waals surface area contributed by atoms with Gasteiger partial charge in [0.1, 0.15) is 18.1 Å². The molecule has 9 N–H and O–H groups in total. The van der Waals surface area contributed by atoms with Crippen LogP contribution in [0.2, 0.25) is 0 Å². The molecule has 0 saturated heterocycles. The minimum absolute atomic E-state index is 0.0162. The van der Waals surface area contributed by atoms with Crippen LogP contribution >= 0.6 is 0 Å². The van der Waals surface area contributed by atoms with Crippen LogP contribution < -0.4 is 0 Å². The molecule has 11 nitrogen and oxygen atoms in total. The summed E-state index contributed by atoms with van der Waals surface area (Å²) in [6.45, 7) is 5.18. The third-order valence-corrected chi connectivity index (χ3v) is 8.03. The van der Waals surface area contributed by atoms with Gasteiger partial charge < -0.3 is 50.7 Å². The van der Waals surface area contributed by atoms with E-state index in [1.807, 2.05) is 6.92 Å². The van der Waals surface area contributed by atoms with E-state index in [0.29, 0.717) is 12.0 Å². The van der Waals surface area contributed by atoms with Gasteiger partial charge in [-0.15, -0.1) is 0 Å². The molecule has 11 atom stereocenters. The monoisotopic (exact) mass is 654 g/mol. The predicted molar refractivity (Wildman–Crippen MR) is 175 cm³/mol. The number of hydrogen-bond donors (Lipinski definition) is 9. The highest BCUT2D eigenvalue weighted by atomic mass is 16.6. The van der Waals surface area contributed by atoms with E-state index in [2.05, 4.69) is 0 Å². The Hall–Kier alpha value is -2.19. The van der Waals surface area contributed by atoms with E-state index >= 15 is 0 Å². The Labute approximate surface area is 273 Å². The summed E-state index contributed by atoms with van der Waals surface area (Å²) < 4.78 is 5.42. The molecule has 0 saturated carbocycles. The Balaban J connectivity index is 3.14. The molecule has 0 aliphatic carbocycles. The Bertz CT molecular complexity index is 991. The zero-order valence-electron chi connectivity index (χ0n) is 27.5.